The fourth-order valence-corrected chi connectivity index (χ4v) is 6.12. The van der Waals surface area contributed by atoms with Crippen molar-refractivity contribution in [1.29, 1.82) is 0 Å². The number of carbonyl (C=O) groups is 1. The predicted octanol–water partition coefficient (Wildman–Crippen LogP) is 5.73. The Morgan fingerprint density at radius 2 is 1.89 bits per heavy atom. The van der Waals surface area contributed by atoms with Crippen LogP contribution in [0.25, 0.3) is 11.0 Å². The molecule has 2 fully saturated rings. The van der Waals surface area contributed by atoms with E-state index in [4.69, 9.17) is 20.8 Å². The Bertz CT molecular complexity index is 1350. The number of halogens is 1. The van der Waals surface area contributed by atoms with Crippen molar-refractivity contribution in [3.8, 4) is 5.75 Å². The van der Waals surface area contributed by atoms with E-state index in [0.29, 0.717) is 34.9 Å². The molecular formula is C29H32ClNO5. The molecule has 1 saturated heterocycles. The quantitative estimate of drug-likeness (QED) is 0.454. The van der Waals surface area contributed by atoms with Gasteiger partial charge >= 0.3 is 5.63 Å². The van der Waals surface area contributed by atoms with E-state index in [9.17, 15) is 14.7 Å². The first-order valence-electron chi connectivity index (χ1n) is 12.7. The molecule has 1 saturated carbocycles. The summed E-state index contributed by atoms with van der Waals surface area (Å²) < 4.78 is 11.5. The SMILES string of the molecule is Cc1c(C)c2ccc(O[C@H](C)C(=O)N3CC[C@]4(O)CCCC[C@@H]4[C@@H]3c3ccc(Cl)cc3)cc2oc1=O. The molecule has 6 nitrogen and oxygen atoms in total. The van der Waals surface area contributed by atoms with Crippen molar-refractivity contribution in [2.24, 2.45) is 5.92 Å². The van der Waals surface area contributed by atoms with Crippen LogP contribution in [0.5, 0.6) is 5.75 Å². The monoisotopic (exact) mass is 509 g/mol. The van der Waals surface area contributed by atoms with Crippen LogP contribution in [0.15, 0.2) is 51.7 Å². The van der Waals surface area contributed by atoms with E-state index in [1.807, 2.05) is 42.2 Å². The van der Waals surface area contributed by atoms with Crippen LogP contribution in [-0.2, 0) is 4.79 Å². The minimum Gasteiger partial charge on any atom is -0.481 e. The van der Waals surface area contributed by atoms with Crippen molar-refractivity contribution < 1.29 is 19.1 Å². The maximum absolute atomic E-state index is 13.8. The third kappa shape index (κ3) is 4.41. The Labute approximate surface area is 215 Å². The van der Waals surface area contributed by atoms with Gasteiger partial charge in [0.05, 0.1) is 11.6 Å². The maximum atomic E-state index is 13.8. The van der Waals surface area contributed by atoms with Gasteiger partial charge in [-0.1, -0.05) is 36.6 Å². The number of hydrogen-bond donors (Lipinski definition) is 1. The maximum Gasteiger partial charge on any atom is 0.339 e. The van der Waals surface area contributed by atoms with Crippen LogP contribution in [0.2, 0.25) is 5.02 Å². The lowest BCUT2D eigenvalue weighted by atomic mass is 9.66. The van der Waals surface area contributed by atoms with Crippen molar-refractivity contribution in [3.63, 3.8) is 0 Å². The summed E-state index contributed by atoms with van der Waals surface area (Å²) in [7, 11) is 0. The van der Waals surface area contributed by atoms with E-state index >= 15 is 0 Å². The third-order valence-corrected chi connectivity index (χ3v) is 8.40. The zero-order chi connectivity index (χ0) is 25.6. The van der Waals surface area contributed by atoms with Gasteiger partial charge in [-0.2, -0.15) is 0 Å². The van der Waals surface area contributed by atoms with E-state index in [1.165, 1.54) is 0 Å². The van der Waals surface area contributed by atoms with Crippen molar-refractivity contribution in [3.05, 3.63) is 74.6 Å². The zero-order valence-corrected chi connectivity index (χ0v) is 21.7. The molecular weight excluding hydrogens is 478 g/mol. The highest BCUT2D eigenvalue weighted by Crippen LogP contribution is 2.49. The van der Waals surface area contributed by atoms with E-state index in [-0.39, 0.29) is 23.5 Å². The van der Waals surface area contributed by atoms with Crippen LogP contribution < -0.4 is 10.4 Å². The van der Waals surface area contributed by atoms with Gasteiger partial charge < -0.3 is 19.2 Å². The summed E-state index contributed by atoms with van der Waals surface area (Å²) in [5.74, 6) is 0.284. The minimum absolute atomic E-state index is 0.0431. The molecule has 7 heteroatoms. The van der Waals surface area contributed by atoms with Gasteiger partial charge in [-0.25, -0.2) is 4.79 Å². The Kier molecular flexibility index (Phi) is 6.60. The summed E-state index contributed by atoms with van der Waals surface area (Å²) in [5.41, 5.74) is 1.72. The zero-order valence-electron chi connectivity index (χ0n) is 20.9. The van der Waals surface area contributed by atoms with Gasteiger partial charge in [-0.3, -0.25) is 4.79 Å². The molecule has 2 aliphatic rings. The Balaban J connectivity index is 1.43. The van der Waals surface area contributed by atoms with Gasteiger partial charge in [0, 0.05) is 34.5 Å². The molecule has 0 bridgehead atoms. The number of likely N-dealkylation sites (tertiary alicyclic amines) is 1. The smallest absolute Gasteiger partial charge is 0.339 e. The van der Waals surface area contributed by atoms with Crippen molar-refractivity contribution in [2.45, 2.75) is 70.6 Å². The molecule has 2 aromatic carbocycles. The average Bonchev–Trinajstić information content (AvgIpc) is 2.86. The van der Waals surface area contributed by atoms with Gasteiger partial charge in [0.25, 0.3) is 5.91 Å². The first-order valence-corrected chi connectivity index (χ1v) is 13.0. The molecule has 3 aromatic rings. The highest BCUT2D eigenvalue weighted by atomic mass is 35.5. The summed E-state index contributed by atoms with van der Waals surface area (Å²) in [4.78, 5) is 27.8. The van der Waals surface area contributed by atoms with Crippen LogP contribution in [0, 0.1) is 19.8 Å². The topological polar surface area (TPSA) is 80.0 Å². The number of rotatable bonds is 4. The Morgan fingerprint density at radius 1 is 1.14 bits per heavy atom. The lowest BCUT2D eigenvalue weighted by Gasteiger charge is -2.53. The Morgan fingerprint density at radius 3 is 2.64 bits per heavy atom. The standard InChI is InChI=1S/C29H32ClNO5/c1-17-18(2)28(33)36-25-16-22(11-12-23(17)25)35-19(3)27(32)31-15-14-29(34)13-5-4-6-24(29)26(31)20-7-9-21(30)10-8-20/h7-12,16,19,24,26,34H,4-6,13-15H2,1-3H3/t19-,24-,26+,29-/m1/s1. The normalized spacial score (nSPS) is 24.9. The summed E-state index contributed by atoms with van der Waals surface area (Å²) in [5, 5.41) is 13.0. The number of benzene rings is 2. The summed E-state index contributed by atoms with van der Waals surface area (Å²) in [6.07, 6.45) is 3.46. The summed E-state index contributed by atoms with van der Waals surface area (Å²) >= 11 is 6.15. The number of hydrogen-bond acceptors (Lipinski definition) is 5. The summed E-state index contributed by atoms with van der Waals surface area (Å²) in [6, 6.07) is 12.6. The molecule has 0 spiro atoms. The van der Waals surface area contributed by atoms with Crippen molar-refractivity contribution >= 4 is 28.5 Å². The Hall–Kier alpha value is -2.83. The van der Waals surface area contributed by atoms with Gasteiger partial charge in [-0.15, -0.1) is 0 Å². The highest BCUT2D eigenvalue weighted by molar-refractivity contribution is 6.30. The number of aryl methyl sites for hydroxylation is 1. The number of amides is 1. The second kappa shape index (κ2) is 9.56. The molecule has 0 radical (unpaired) electrons. The van der Waals surface area contributed by atoms with E-state index in [0.717, 1.165) is 42.2 Å². The predicted molar refractivity (Wildman–Crippen MR) is 139 cm³/mol. The molecule has 2 heterocycles. The second-order valence-corrected chi connectivity index (χ2v) is 10.7. The summed E-state index contributed by atoms with van der Waals surface area (Å²) in [6.45, 7) is 5.83. The van der Waals surface area contributed by atoms with Crippen LogP contribution in [0.1, 0.15) is 61.8 Å². The molecule has 4 atom stereocenters. The molecule has 1 N–H and O–H groups in total. The van der Waals surface area contributed by atoms with E-state index in [2.05, 4.69) is 0 Å². The van der Waals surface area contributed by atoms with Crippen molar-refractivity contribution in [1.82, 2.24) is 4.90 Å². The van der Waals surface area contributed by atoms with E-state index < -0.39 is 11.7 Å². The molecule has 1 amide bonds. The van der Waals surface area contributed by atoms with Crippen LogP contribution in [0.4, 0.5) is 0 Å². The number of carbonyl (C=O) groups excluding carboxylic acids is 1. The molecule has 5 rings (SSSR count). The molecule has 1 aromatic heterocycles. The first-order chi connectivity index (χ1) is 17.2. The number of piperidine rings is 1. The number of fused-ring (bicyclic) bond motifs is 2. The van der Waals surface area contributed by atoms with Gasteiger partial charge in [0.15, 0.2) is 6.10 Å². The van der Waals surface area contributed by atoms with Crippen LogP contribution in [0.3, 0.4) is 0 Å². The lowest BCUT2D eigenvalue weighted by Crippen LogP contribution is -2.58. The number of aliphatic hydroxyl groups is 1. The fraction of sp³-hybridized carbons (Fsp3) is 0.448. The average molecular weight is 510 g/mol. The second-order valence-electron chi connectivity index (χ2n) is 10.3. The molecule has 36 heavy (non-hydrogen) atoms. The number of ether oxygens (including phenoxy) is 1. The van der Waals surface area contributed by atoms with Crippen molar-refractivity contribution in [2.75, 3.05) is 6.54 Å². The van der Waals surface area contributed by atoms with Crippen LogP contribution >= 0.6 is 11.6 Å². The largest absolute Gasteiger partial charge is 0.481 e. The lowest BCUT2D eigenvalue weighted by molar-refractivity contribution is -0.161. The highest BCUT2D eigenvalue weighted by Gasteiger charge is 2.50. The van der Waals surface area contributed by atoms with E-state index in [1.54, 1.807) is 26.0 Å². The van der Waals surface area contributed by atoms with Crippen LogP contribution in [-0.4, -0.2) is 34.2 Å². The fourth-order valence-electron chi connectivity index (χ4n) is 5.99. The van der Waals surface area contributed by atoms with Gasteiger partial charge in [0.2, 0.25) is 0 Å². The minimum atomic E-state index is -0.769. The third-order valence-electron chi connectivity index (χ3n) is 8.15. The first kappa shape index (κ1) is 24.8. The molecule has 1 aliphatic heterocycles. The van der Waals surface area contributed by atoms with Gasteiger partial charge in [0.1, 0.15) is 11.3 Å². The molecule has 1 aliphatic carbocycles. The van der Waals surface area contributed by atoms with Gasteiger partial charge in [-0.05, 0) is 75.4 Å². The number of nitrogens with zero attached hydrogens (tertiary/aromatic N) is 1. The molecule has 0 unspecified atom stereocenters. The molecule has 190 valence electrons.